The van der Waals surface area contributed by atoms with Gasteiger partial charge in [0.15, 0.2) is 0 Å². The second-order valence-electron chi connectivity index (χ2n) is 5.18. The lowest BCUT2D eigenvalue weighted by atomic mass is 10.1. The highest BCUT2D eigenvalue weighted by atomic mass is 32.1. The molecule has 2 heterocycles. The van der Waals surface area contributed by atoms with Gasteiger partial charge in [0.05, 0.1) is 0 Å². The third-order valence-electron chi connectivity index (χ3n) is 3.39. The van der Waals surface area contributed by atoms with Gasteiger partial charge < -0.3 is 10.2 Å². The first kappa shape index (κ1) is 13.1. The Kier molecular flexibility index (Phi) is 5.49. The number of piperidine rings is 1. The highest BCUT2D eigenvalue weighted by Gasteiger charge is 2.12. The van der Waals surface area contributed by atoms with Gasteiger partial charge in [0, 0.05) is 18.0 Å². The van der Waals surface area contributed by atoms with Crippen molar-refractivity contribution in [3.05, 3.63) is 22.4 Å². The van der Waals surface area contributed by atoms with E-state index in [1.807, 2.05) is 11.3 Å². The quantitative estimate of drug-likeness (QED) is 0.837. The topological polar surface area (TPSA) is 15.3 Å². The molecule has 0 saturated carbocycles. The fourth-order valence-electron chi connectivity index (χ4n) is 2.50. The van der Waals surface area contributed by atoms with Crippen LogP contribution in [0.15, 0.2) is 17.5 Å². The number of nitrogens with zero attached hydrogens (tertiary/aromatic N) is 1. The Morgan fingerprint density at radius 1 is 1.35 bits per heavy atom. The fourth-order valence-corrected chi connectivity index (χ4v) is 3.18. The van der Waals surface area contributed by atoms with Crippen molar-refractivity contribution in [1.82, 2.24) is 10.2 Å². The summed E-state index contributed by atoms with van der Waals surface area (Å²) in [5, 5.41) is 5.71. The lowest BCUT2D eigenvalue weighted by Gasteiger charge is -2.29. The van der Waals surface area contributed by atoms with E-state index in [2.05, 4.69) is 34.7 Å². The molecule has 3 heteroatoms. The van der Waals surface area contributed by atoms with Gasteiger partial charge in [-0.25, -0.2) is 0 Å². The molecule has 1 aromatic heterocycles. The molecule has 0 bridgehead atoms. The molecule has 0 amide bonds. The van der Waals surface area contributed by atoms with Crippen molar-refractivity contribution in [2.75, 3.05) is 26.2 Å². The molecule has 1 aliphatic heterocycles. The molecule has 1 atom stereocenters. The zero-order valence-corrected chi connectivity index (χ0v) is 11.6. The Morgan fingerprint density at radius 3 is 2.88 bits per heavy atom. The van der Waals surface area contributed by atoms with Gasteiger partial charge in [-0.05, 0) is 49.8 Å². The molecule has 0 radical (unpaired) electrons. The number of rotatable bonds is 6. The van der Waals surface area contributed by atoms with Gasteiger partial charge in [0.25, 0.3) is 0 Å². The van der Waals surface area contributed by atoms with Crippen LogP contribution in [0.25, 0.3) is 0 Å². The van der Waals surface area contributed by atoms with Gasteiger partial charge >= 0.3 is 0 Å². The van der Waals surface area contributed by atoms with Crippen LogP contribution in [0.2, 0.25) is 0 Å². The standard InChI is InChI=1S/C14H24N2S/c1-13(12-16-7-3-2-4-8-16)10-15-11-14-6-5-9-17-14/h5-6,9,13,15H,2-4,7-8,10-12H2,1H3/t13-/m1/s1. The van der Waals surface area contributed by atoms with Crippen LogP contribution in [0.5, 0.6) is 0 Å². The summed E-state index contributed by atoms with van der Waals surface area (Å²) in [5.74, 6) is 0.757. The third kappa shape index (κ3) is 4.78. The summed E-state index contributed by atoms with van der Waals surface area (Å²) in [5.41, 5.74) is 0. The average molecular weight is 252 g/mol. The Morgan fingerprint density at radius 2 is 2.18 bits per heavy atom. The van der Waals surface area contributed by atoms with Gasteiger partial charge in [0.2, 0.25) is 0 Å². The van der Waals surface area contributed by atoms with Crippen molar-refractivity contribution in [3.8, 4) is 0 Å². The normalized spacial score (nSPS) is 19.4. The molecule has 2 rings (SSSR count). The predicted molar refractivity (Wildman–Crippen MR) is 75.5 cm³/mol. The maximum absolute atomic E-state index is 3.56. The molecule has 1 aromatic rings. The molecule has 1 saturated heterocycles. The van der Waals surface area contributed by atoms with Crippen LogP contribution in [-0.2, 0) is 6.54 Å². The Hall–Kier alpha value is -0.380. The Bertz CT molecular complexity index is 291. The zero-order valence-electron chi connectivity index (χ0n) is 10.8. The van der Waals surface area contributed by atoms with Crippen molar-refractivity contribution >= 4 is 11.3 Å². The van der Waals surface area contributed by atoms with Crippen LogP contribution >= 0.6 is 11.3 Å². The molecule has 96 valence electrons. The van der Waals surface area contributed by atoms with Crippen LogP contribution in [-0.4, -0.2) is 31.1 Å². The van der Waals surface area contributed by atoms with Gasteiger partial charge in [-0.2, -0.15) is 0 Å². The second-order valence-corrected chi connectivity index (χ2v) is 6.21. The minimum absolute atomic E-state index is 0.757. The first-order valence-corrected chi connectivity index (χ1v) is 7.68. The highest BCUT2D eigenvalue weighted by Crippen LogP contribution is 2.11. The maximum atomic E-state index is 3.56. The van der Waals surface area contributed by atoms with E-state index in [1.54, 1.807) is 0 Å². The summed E-state index contributed by atoms with van der Waals surface area (Å²) in [6.45, 7) is 8.41. The van der Waals surface area contributed by atoms with Crippen molar-refractivity contribution in [1.29, 1.82) is 0 Å². The molecule has 0 aromatic carbocycles. The lowest BCUT2D eigenvalue weighted by molar-refractivity contribution is 0.199. The van der Waals surface area contributed by atoms with Crippen molar-refractivity contribution in [3.63, 3.8) is 0 Å². The van der Waals surface area contributed by atoms with Crippen molar-refractivity contribution in [2.24, 2.45) is 5.92 Å². The summed E-state index contributed by atoms with van der Waals surface area (Å²) in [6.07, 6.45) is 4.23. The van der Waals surface area contributed by atoms with Crippen LogP contribution in [0, 0.1) is 5.92 Å². The molecule has 1 N–H and O–H groups in total. The van der Waals surface area contributed by atoms with E-state index in [9.17, 15) is 0 Å². The molecule has 0 unspecified atom stereocenters. The minimum atomic E-state index is 0.757. The van der Waals surface area contributed by atoms with Gasteiger partial charge in [-0.15, -0.1) is 11.3 Å². The summed E-state index contributed by atoms with van der Waals surface area (Å²) in [7, 11) is 0. The molecule has 17 heavy (non-hydrogen) atoms. The highest BCUT2D eigenvalue weighted by molar-refractivity contribution is 7.09. The van der Waals surface area contributed by atoms with E-state index in [1.165, 1.54) is 43.8 Å². The molecule has 0 aliphatic carbocycles. The van der Waals surface area contributed by atoms with E-state index in [-0.39, 0.29) is 0 Å². The minimum Gasteiger partial charge on any atom is -0.312 e. The SMILES string of the molecule is C[C@H](CNCc1cccs1)CN1CCCCC1. The van der Waals surface area contributed by atoms with Crippen molar-refractivity contribution in [2.45, 2.75) is 32.7 Å². The molecule has 0 spiro atoms. The van der Waals surface area contributed by atoms with E-state index in [0.717, 1.165) is 19.0 Å². The summed E-state index contributed by atoms with van der Waals surface area (Å²) in [4.78, 5) is 4.07. The van der Waals surface area contributed by atoms with Crippen molar-refractivity contribution < 1.29 is 0 Å². The number of likely N-dealkylation sites (tertiary alicyclic amines) is 1. The predicted octanol–water partition coefficient (Wildman–Crippen LogP) is 2.96. The first-order valence-electron chi connectivity index (χ1n) is 6.80. The smallest absolute Gasteiger partial charge is 0.0299 e. The molecule has 1 aliphatic rings. The average Bonchev–Trinajstić information content (AvgIpc) is 2.83. The largest absolute Gasteiger partial charge is 0.312 e. The first-order chi connectivity index (χ1) is 8.34. The molecule has 2 nitrogen and oxygen atoms in total. The Labute approximate surface area is 109 Å². The van der Waals surface area contributed by atoms with Crippen LogP contribution in [0.4, 0.5) is 0 Å². The summed E-state index contributed by atoms with van der Waals surface area (Å²) >= 11 is 1.84. The monoisotopic (exact) mass is 252 g/mol. The number of thiophene rings is 1. The van der Waals surface area contributed by atoms with Gasteiger partial charge in [-0.3, -0.25) is 0 Å². The number of hydrogen-bond donors (Lipinski definition) is 1. The van der Waals surface area contributed by atoms with Crippen LogP contribution in [0.1, 0.15) is 31.1 Å². The number of nitrogens with one attached hydrogen (secondary N) is 1. The molecular weight excluding hydrogens is 228 g/mol. The van der Waals surface area contributed by atoms with Gasteiger partial charge in [-0.1, -0.05) is 19.4 Å². The maximum Gasteiger partial charge on any atom is 0.0299 e. The van der Waals surface area contributed by atoms with Gasteiger partial charge in [0.1, 0.15) is 0 Å². The van der Waals surface area contributed by atoms with Crippen LogP contribution in [0.3, 0.4) is 0 Å². The van der Waals surface area contributed by atoms with E-state index in [0.29, 0.717) is 0 Å². The lowest BCUT2D eigenvalue weighted by Crippen LogP contribution is -2.36. The third-order valence-corrected chi connectivity index (χ3v) is 4.27. The fraction of sp³-hybridized carbons (Fsp3) is 0.714. The summed E-state index contributed by atoms with van der Waals surface area (Å²) < 4.78 is 0. The van der Waals surface area contributed by atoms with E-state index < -0.39 is 0 Å². The zero-order chi connectivity index (χ0) is 11.9. The van der Waals surface area contributed by atoms with E-state index >= 15 is 0 Å². The van der Waals surface area contributed by atoms with E-state index in [4.69, 9.17) is 0 Å². The molecule has 1 fully saturated rings. The molecular formula is C14H24N2S. The summed E-state index contributed by atoms with van der Waals surface area (Å²) in [6, 6.07) is 4.33. The second kappa shape index (κ2) is 7.14. The number of hydrogen-bond acceptors (Lipinski definition) is 3. The Balaban J connectivity index is 1.58. The van der Waals surface area contributed by atoms with Crippen LogP contribution < -0.4 is 5.32 Å².